The number of alkyl carbamates (subject to hydrolysis) is 1. The van der Waals surface area contributed by atoms with Crippen LogP contribution in [0.4, 0.5) is 4.79 Å². The molecule has 6 nitrogen and oxygen atoms in total. The number of amides is 2. The molecule has 2 N–H and O–H groups in total. The van der Waals surface area contributed by atoms with Crippen LogP contribution in [0.1, 0.15) is 65.4 Å². The third kappa shape index (κ3) is 8.15. The second-order valence-electron chi connectivity index (χ2n) is 9.55. The van der Waals surface area contributed by atoms with E-state index in [1.165, 1.54) is 0 Å². The highest BCUT2D eigenvalue weighted by Gasteiger charge is 2.38. The molecule has 32 heavy (non-hydrogen) atoms. The molecule has 0 aromatic heterocycles. The quantitative estimate of drug-likeness (QED) is 0.337. The molecule has 1 saturated heterocycles. The molecule has 1 unspecified atom stereocenters. The summed E-state index contributed by atoms with van der Waals surface area (Å²) in [7, 11) is 0. The van der Waals surface area contributed by atoms with Crippen molar-refractivity contribution in [1.82, 2.24) is 10.2 Å². The lowest BCUT2D eigenvalue weighted by molar-refractivity contribution is -0.136. The highest BCUT2D eigenvalue weighted by atomic mass is 79.9. The molecule has 1 aliphatic heterocycles. The van der Waals surface area contributed by atoms with E-state index in [0.717, 1.165) is 48.7 Å². The average Bonchev–Trinajstić information content (AvgIpc) is 3.14. The lowest BCUT2D eigenvalue weighted by atomic mass is 9.85. The molecule has 0 aliphatic carbocycles. The molecule has 0 bridgehead atoms. The Bertz CT molecular complexity index is 804. The molecule has 0 saturated carbocycles. The number of phenols is 1. The number of rotatable bonds is 9. The first kappa shape index (κ1) is 26.2. The zero-order valence-electron chi connectivity index (χ0n) is 19.7. The van der Waals surface area contributed by atoms with Gasteiger partial charge in [-0.2, -0.15) is 0 Å². The molecular formula is C25H37BrN2O4. The van der Waals surface area contributed by atoms with Gasteiger partial charge in [0, 0.05) is 17.1 Å². The fourth-order valence-electron chi connectivity index (χ4n) is 3.80. The van der Waals surface area contributed by atoms with Crippen molar-refractivity contribution in [2.24, 2.45) is 5.41 Å². The number of phenolic OH excluding ortho intramolecular Hbond substituents is 1. The van der Waals surface area contributed by atoms with Gasteiger partial charge in [-0.15, -0.1) is 0 Å². The molecule has 2 amide bonds. The van der Waals surface area contributed by atoms with E-state index in [0.29, 0.717) is 13.0 Å². The number of hydrogen-bond donors (Lipinski definition) is 2. The SMILES string of the molecule is CC1CCCN1C(=O)[C@@H](NC(=O)OCCCC/C=C/Cc1ccc(Br)cc1O)C(C)(C)C. The van der Waals surface area contributed by atoms with Crippen molar-refractivity contribution in [2.75, 3.05) is 13.2 Å². The minimum absolute atomic E-state index is 0.0265. The first-order chi connectivity index (χ1) is 15.1. The lowest BCUT2D eigenvalue weighted by Gasteiger charge is -2.34. The Balaban J connectivity index is 1.68. The number of nitrogens with one attached hydrogen (secondary N) is 1. The van der Waals surface area contributed by atoms with Gasteiger partial charge in [-0.25, -0.2) is 4.79 Å². The summed E-state index contributed by atoms with van der Waals surface area (Å²) in [5, 5.41) is 12.7. The van der Waals surface area contributed by atoms with Crippen molar-refractivity contribution >= 4 is 27.9 Å². The Morgan fingerprint density at radius 1 is 1.31 bits per heavy atom. The van der Waals surface area contributed by atoms with Gasteiger partial charge in [0.2, 0.25) is 5.91 Å². The van der Waals surface area contributed by atoms with E-state index in [2.05, 4.69) is 34.2 Å². The van der Waals surface area contributed by atoms with Gasteiger partial charge in [-0.05, 0) is 68.6 Å². The van der Waals surface area contributed by atoms with Crippen LogP contribution >= 0.6 is 15.9 Å². The summed E-state index contributed by atoms with van der Waals surface area (Å²) in [5.41, 5.74) is 0.489. The fourth-order valence-corrected chi connectivity index (χ4v) is 4.15. The van der Waals surface area contributed by atoms with E-state index in [1.807, 2.05) is 43.9 Å². The van der Waals surface area contributed by atoms with Gasteiger partial charge in [0.1, 0.15) is 11.8 Å². The number of ether oxygens (including phenoxy) is 1. The Kier molecular flexibility index (Phi) is 10.1. The zero-order valence-corrected chi connectivity index (χ0v) is 21.3. The second kappa shape index (κ2) is 12.3. The van der Waals surface area contributed by atoms with Gasteiger partial charge < -0.3 is 20.1 Å². The van der Waals surface area contributed by atoms with Crippen molar-refractivity contribution < 1.29 is 19.4 Å². The Morgan fingerprint density at radius 3 is 2.69 bits per heavy atom. The monoisotopic (exact) mass is 508 g/mol. The van der Waals surface area contributed by atoms with E-state index < -0.39 is 17.6 Å². The first-order valence-electron chi connectivity index (χ1n) is 11.5. The topological polar surface area (TPSA) is 78.9 Å². The van der Waals surface area contributed by atoms with Crippen LogP contribution in [0.15, 0.2) is 34.8 Å². The number of unbranched alkanes of at least 4 members (excludes halogenated alkanes) is 2. The average molecular weight is 509 g/mol. The van der Waals surface area contributed by atoms with E-state index >= 15 is 0 Å². The molecule has 1 aliphatic rings. The summed E-state index contributed by atoms with van der Waals surface area (Å²) >= 11 is 3.33. The standard InChI is InChI=1S/C25H37BrN2O4/c1-18-11-10-15-28(18)23(30)22(25(2,3)4)27-24(31)32-16-9-7-5-6-8-12-19-13-14-20(26)17-21(19)29/h6,8,13-14,17-18,22,29H,5,7,9-12,15-16H2,1-4H3,(H,27,31)/b8-6+/t18?,22-/m1/s1. The van der Waals surface area contributed by atoms with E-state index in [1.54, 1.807) is 6.07 Å². The predicted octanol–water partition coefficient (Wildman–Crippen LogP) is 5.58. The Labute approximate surface area is 200 Å². The van der Waals surface area contributed by atoms with Crippen LogP contribution in [0.2, 0.25) is 0 Å². The van der Waals surface area contributed by atoms with Crippen molar-refractivity contribution in [2.45, 2.75) is 78.3 Å². The van der Waals surface area contributed by atoms with Crippen LogP contribution < -0.4 is 5.32 Å². The second-order valence-corrected chi connectivity index (χ2v) is 10.5. The summed E-state index contributed by atoms with van der Waals surface area (Å²) in [5.74, 6) is 0.260. The normalized spacial score (nSPS) is 17.5. The minimum Gasteiger partial charge on any atom is -0.508 e. The summed E-state index contributed by atoms with van der Waals surface area (Å²) in [6.07, 6.45) is 8.78. The molecule has 1 aromatic rings. The molecule has 2 rings (SSSR count). The Morgan fingerprint density at radius 2 is 2.06 bits per heavy atom. The van der Waals surface area contributed by atoms with Crippen molar-refractivity contribution in [3.63, 3.8) is 0 Å². The summed E-state index contributed by atoms with van der Waals surface area (Å²) in [6.45, 7) is 8.99. The lowest BCUT2D eigenvalue weighted by Crippen LogP contribution is -2.55. The number of carbonyl (C=O) groups excluding carboxylic acids is 2. The summed E-state index contributed by atoms with van der Waals surface area (Å²) < 4.78 is 6.18. The van der Waals surface area contributed by atoms with Gasteiger partial charge in [-0.1, -0.05) is 54.9 Å². The number of allylic oxidation sites excluding steroid dienone is 2. The predicted molar refractivity (Wildman–Crippen MR) is 131 cm³/mol. The van der Waals surface area contributed by atoms with Gasteiger partial charge in [-0.3, -0.25) is 4.79 Å². The first-order valence-corrected chi connectivity index (χ1v) is 12.2. The summed E-state index contributed by atoms with van der Waals surface area (Å²) in [6, 6.07) is 5.11. The van der Waals surface area contributed by atoms with Gasteiger partial charge in [0.05, 0.1) is 6.61 Å². The molecule has 7 heteroatoms. The highest BCUT2D eigenvalue weighted by molar-refractivity contribution is 9.10. The third-order valence-corrected chi connectivity index (χ3v) is 6.25. The van der Waals surface area contributed by atoms with Crippen molar-refractivity contribution in [3.05, 3.63) is 40.4 Å². The number of carbonyl (C=O) groups is 2. The van der Waals surface area contributed by atoms with E-state index in [9.17, 15) is 14.7 Å². The van der Waals surface area contributed by atoms with Crippen LogP contribution in [0.25, 0.3) is 0 Å². The molecule has 1 heterocycles. The van der Waals surface area contributed by atoms with Crippen LogP contribution in [0, 0.1) is 5.41 Å². The fraction of sp³-hybridized carbons (Fsp3) is 0.600. The molecule has 1 aromatic carbocycles. The smallest absolute Gasteiger partial charge is 0.407 e. The zero-order chi connectivity index (χ0) is 23.7. The maximum Gasteiger partial charge on any atom is 0.407 e. The highest BCUT2D eigenvalue weighted by Crippen LogP contribution is 2.26. The number of hydrogen-bond acceptors (Lipinski definition) is 4. The number of halogens is 1. The van der Waals surface area contributed by atoms with Crippen LogP contribution in [0.5, 0.6) is 5.75 Å². The van der Waals surface area contributed by atoms with E-state index in [-0.39, 0.29) is 17.7 Å². The maximum atomic E-state index is 13.0. The van der Waals surface area contributed by atoms with Gasteiger partial charge in [0.25, 0.3) is 0 Å². The van der Waals surface area contributed by atoms with Gasteiger partial charge in [0.15, 0.2) is 0 Å². The molecule has 2 atom stereocenters. The summed E-state index contributed by atoms with van der Waals surface area (Å²) in [4.78, 5) is 27.2. The minimum atomic E-state index is -0.603. The maximum absolute atomic E-state index is 13.0. The number of benzene rings is 1. The molecular weight excluding hydrogens is 472 g/mol. The Hall–Kier alpha value is -2.02. The number of aromatic hydroxyl groups is 1. The number of nitrogens with zero attached hydrogens (tertiary/aromatic N) is 1. The largest absolute Gasteiger partial charge is 0.508 e. The van der Waals surface area contributed by atoms with Crippen LogP contribution in [0.3, 0.4) is 0 Å². The van der Waals surface area contributed by atoms with Crippen LogP contribution in [-0.4, -0.2) is 47.2 Å². The van der Waals surface area contributed by atoms with E-state index in [4.69, 9.17) is 4.74 Å². The molecule has 0 radical (unpaired) electrons. The molecule has 0 spiro atoms. The third-order valence-electron chi connectivity index (χ3n) is 5.76. The number of likely N-dealkylation sites (tertiary alicyclic amines) is 1. The molecule has 1 fully saturated rings. The van der Waals surface area contributed by atoms with Crippen LogP contribution in [-0.2, 0) is 16.0 Å². The molecule has 178 valence electrons. The van der Waals surface area contributed by atoms with Crippen molar-refractivity contribution in [3.8, 4) is 5.75 Å². The van der Waals surface area contributed by atoms with Crippen molar-refractivity contribution in [1.29, 1.82) is 0 Å². The van der Waals surface area contributed by atoms with Gasteiger partial charge >= 0.3 is 6.09 Å².